The minimum atomic E-state index is -1.10. The molecule has 0 bridgehead atoms. The molecule has 146 valence electrons. The summed E-state index contributed by atoms with van der Waals surface area (Å²) in [4.78, 5) is 24.1. The number of carbonyl (C=O) groups excluding carboxylic acids is 2. The Kier molecular flexibility index (Phi) is 9.60. The van der Waals surface area contributed by atoms with Gasteiger partial charge in [0.15, 0.2) is 6.10 Å². The van der Waals surface area contributed by atoms with Crippen LogP contribution in [0.4, 0.5) is 4.79 Å². The fraction of sp³-hybridized carbons (Fsp3) is 0.579. The minimum Gasteiger partial charge on any atom is -0.467 e. The number of hydrogen-bond donors (Lipinski definition) is 1. The molecule has 0 spiro atoms. The second-order valence-electron chi connectivity index (χ2n) is 6.73. The van der Waals surface area contributed by atoms with Crippen molar-refractivity contribution in [3.8, 4) is 0 Å². The molecule has 0 saturated carbocycles. The van der Waals surface area contributed by atoms with Crippen molar-refractivity contribution in [1.29, 1.82) is 0 Å². The van der Waals surface area contributed by atoms with E-state index in [0.29, 0.717) is 0 Å². The van der Waals surface area contributed by atoms with Crippen molar-refractivity contribution in [2.24, 2.45) is 11.8 Å². The summed E-state index contributed by atoms with van der Waals surface area (Å²) in [6.07, 6.45) is -1.15. The Hall–Kier alpha value is -1.65. The fourth-order valence-corrected chi connectivity index (χ4v) is 4.31. The molecule has 3 atom stereocenters. The third-order valence-corrected chi connectivity index (χ3v) is 5.89. The van der Waals surface area contributed by atoms with Gasteiger partial charge in [0.1, 0.15) is 6.61 Å². The Morgan fingerprint density at radius 2 is 1.69 bits per heavy atom. The number of benzene rings is 1. The Bertz CT molecular complexity index is 564. The van der Waals surface area contributed by atoms with E-state index < -0.39 is 26.3 Å². The van der Waals surface area contributed by atoms with Gasteiger partial charge in [-0.1, -0.05) is 58.0 Å². The molecular weight excluding hydrogens is 353 g/mol. The van der Waals surface area contributed by atoms with Gasteiger partial charge in [0, 0.05) is 0 Å². The van der Waals surface area contributed by atoms with E-state index in [0.717, 1.165) is 5.56 Å². The molecule has 1 rings (SSSR count). The van der Waals surface area contributed by atoms with Crippen LogP contribution in [-0.2, 0) is 25.4 Å². The minimum absolute atomic E-state index is 0.0229. The maximum Gasteiger partial charge on any atom is 0.408 e. The van der Waals surface area contributed by atoms with Crippen LogP contribution in [0.2, 0.25) is 0 Å². The molecule has 0 aromatic heterocycles. The summed E-state index contributed by atoms with van der Waals surface area (Å²) in [6, 6.07) is 9.49. The quantitative estimate of drug-likeness (QED) is 0.513. The predicted octanol–water partition coefficient (Wildman–Crippen LogP) is 4.14. The van der Waals surface area contributed by atoms with Crippen LogP contribution in [0.1, 0.15) is 33.3 Å². The summed E-state index contributed by atoms with van der Waals surface area (Å²) < 4.78 is 16.1. The van der Waals surface area contributed by atoms with Crippen LogP contribution >= 0.6 is 8.15 Å². The molecule has 6 nitrogen and oxygen atoms in total. The standard InChI is InChI=1S/C19H30NO5P/c1-13(2)16(18(21)23-5)25-26(6)17(14(3)4)20-19(22)24-12-15-10-8-7-9-11-15/h7-11,13-14,16-17H,12H2,1-6H3,(H,20,22). The van der Waals surface area contributed by atoms with Gasteiger partial charge in [-0.2, -0.15) is 0 Å². The van der Waals surface area contributed by atoms with Crippen molar-refractivity contribution in [2.45, 2.75) is 46.2 Å². The highest BCUT2D eigenvalue weighted by Crippen LogP contribution is 2.43. The summed E-state index contributed by atoms with van der Waals surface area (Å²) >= 11 is 0. The highest BCUT2D eigenvalue weighted by atomic mass is 31.1. The third-order valence-electron chi connectivity index (χ3n) is 3.82. The molecule has 0 aliphatic heterocycles. The number of methoxy groups -OCH3 is 1. The van der Waals surface area contributed by atoms with Gasteiger partial charge in [0.2, 0.25) is 0 Å². The van der Waals surface area contributed by atoms with E-state index in [4.69, 9.17) is 14.0 Å². The summed E-state index contributed by atoms with van der Waals surface area (Å²) in [7, 11) is 0.242. The van der Waals surface area contributed by atoms with Gasteiger partial charge < -0.3 is 19.3 Å². The lowest BCUT2D eigenvalue weighted by Gasteiger charge is -2.31. The van der Waals surface area contributed by atoms with Gasteiger partial charge in [-0.05, 0) is 24.1 Å². The van der Waals surface area contributed by atoms with Crippen molar-refractivity contribution in [2.75, 3.05) is 13.8 Å². The molecule has 0 heterocycles. The molecule has 0 fully saturated rings. The predicted molar refractivity (Wildman–Crippen MR) is 103 cm³/mol. The lowest BCUT2D eigenvalue weighted by atomic mass is 10.1. The zero-order valence-corrected chi connectivity index (χ0v) is 17.3. The number of rotatable bonds is 9. The smallest absolute Gasteiger partial charge is 0.408 e. The summed E-state index contributed by atoms with van der Waals surface area (Å²) in [5, 5.41) is 2.88. The summed E-state index contributed by atoms with van der Waals surface area (Å²) in [5.41, 5.74) is 0.921. The molecule has 3 unspecified atom stereocenters. The monoisotopic (exact) mass is 383 g/mol. The Morgan fingerprint density at radius 1 is 1.08 bits per heavy atom. The maximum absolute atomic E-state index is 12.2. The number of alkyl carbamates (subject to hydrolysis) is 1. The fourth-order valence-electron chi connectivity index (χ4n) is 2.36. The van der Waals surface area contributed by atoms with E-state index in [-0.39, 0.29) is 24.2 Å². The van der Waals surface area contributed by atoms with Gasteiger partial charge >= 0.3 is 12.1 Å². The Morgan fingerprint density at radius 3 is 2.19 bits per heavy atom. The first-order valence-electron chi connectivity index (χ1n) is 8.70. The number of nitrogens with one attached hydrogen (secondary N) is 1. The van der Waals surface area contributed by atoms with E-state index in [2.05, 4.69) is 5.32 Å². The Balaban J connectivity index is 2.65. The molecule has 0 aliphatic rings. The van der Waals surface area contributed by atoms with E-state index in [1.165, 1.54) is 7.11 Å². The first kappa shape index (κ1) is 22.4. The lowest BCUT2D eigenvalue weighted by Crippen LogP contribution is -2.39. The van der Waals surface area contributed by atoms with Crippen molar-refractivity contribution in [3.05, 3.63) is 35.9 Å². The highest BCUT2D eigenvalue weighted by molar-refractivity contribution is 7.52. The highest BCUT2D eigenvalue weighted by Gasteiger charge is 2.31. The van der Waals surface area contributed by atoms with Gasteiger partial charge in [-0.15, -0.1) is 0 Å². The molecule has 0 saturated heterocycles. The van der Waals surface area contributed by atoms with Gasteiger partial charge in [-0.25, -0.2) is 9.59 Å². The molecule has 1 aromatic carbocycles. The van der Waals surface area contributed by atoms with Crippen molar-refractivity contribution < 1.29 is 23.6 Å². The van der Waals surface area contributed by atoms with Crippen molar-refractivity contribution >= 4 is 20.2 Å². The molecule has 1 aromatic rings. The van der Waals surface area contributed by atoms with Crippen LogP contribution in [-0.4, -0.2) is 37.7 Å². The topological polar surface area (TPSA) is 73.9 Å². The SMILES string of the molecule is COC(=O)C(OP(C)C(NC(=O)OCc1ccccc1)C(C)C)C(C)C. The Labute approximate surface area is 157 Å². The van der Waals surface area contributed by atoms with Crippen molar-refractivity contribution in [3.63, 3.8) is 0 Å². The normalized spacial score (nSPS) is 14.6. The van der Waals surface area contributed by atoms with E-state index in [1.54, 1.807) is 0 Å². The number of amides is 1. The molecule has 26 heavy (non-hydrogen) atoms. The second kappa shape index (κ2) is 11.1. The third kappa shape index (κ3) is 7.30. The number of hydrogen-bond acceptors (Lipinski definition) is 5. The molecule has 0 aliphatic carbocycles. The van der Waals surface area contributed by atoms with E-state index in [1.807, 2.05) is 64.7 Å². The lowest BCUT2D eigenvalue weighted by molar-refractivity contribution is -0.150. The van der Waals surface area contributed by atoms with Crippen LogP contribution in [0, 0.1) is 11.8 Å². The van der Waals surface area contributed by atoms with Gasteiger partial charge in [0.05, 0.1) is 21.0 Å². The van der Waals surface area contributed by atoms with Crippen molar-refractivity contribution in [1.82, 2.24) is 5.32 Å². The summed E-state index contributed by atoms with van der Waals surface area (Å²) in [6.45, 7) is 9.89. The summed E-state index contributed by atoms with van der Waals surface area (Å²) in [5.74, 6) is -0.534. The van der Waals surface area contributed by atoms with Crippen LogP contribution in [0.15, 0.2) is 30.3 Å². The van der Waals surface area contributed by atoms with E-state index >= 15 is 0 Å². The first-order chi connectivity index (χ1) is 12.3. The first-order valence-corrected chi connectivity index (χ1v) is 10.5. The molecule has 1 N–H and O–H groups in total. The van der Waals surface area contributed by atoms with Crippen LogP contribution in [0.3, 0.4) is 0 Å². The number of carbonyl (C=O) groups is 2. The van der Waals surface area contributed by atoms with E-state index in [9.17, 15) is 9.59 Å². The zero-order chi connectivity index (χ0) is 19.7. The number of esters is 1. The largest absolute Gasteiger partial charge is 0.467 e. The molecule has 1 amide bonds. The van der Waals surface area contributed by atoms with Crippen LogP contribution in [0.25, 0.3) is 0 Å². The maximum atomic E-state index is 12.2. The molecular formula is C19H30NO5P. The second-order valence-corrected chi connectivity index (χ2v) is 8.59. The van der Waals surface area contributed by atoms with Crippen LogP contribution < -0.4 is 5.32 Å². The molecule has 7 heteroatoms. The van der Waals surface area contributed by atoms with Crippen LogP contribution in [0.5, 0.6) is 0 Å². The average molecular weight is 383 g/mol. The van der Waals surface area contributed by atoms with Gasteiger partial charge in [-0.3, -0.25) is 0 Å². The van der Waals surface area contributed by atoms with Gasteiger partial charge in [0.25, 0.3) is 0 Å². The zero-order valence-electron chi connectivity index (χ0n) is 16.4. The number of ether oxygens (including phenoxy) is 2. The molecule has 0 radical (unpaired) electrons. The average Bonchev–Trinajstić information content (AvgIpc) is 2.61.